The summed E-state index contributed by atoms with van der Waals surface area (Å²) < 4.78 is 19.2. The van der Waals surface area contributed by atoms with Gasteiger partial charge in [-0.3, -0.25) is 9.59 Å². The highest BCUT2D eigenvalue weighted by Gasteiger charge is 2.14. The number of amides is 2. The van der Waals surface area contributed by atoms with Crippen LogP contribution in [0, 0.1) is 5.82 Å². The molecule has 126 valence electrons. The molecule has 1 heterocycles. The number of nitrogens with one attached hydrogen (secondary N) is 2. The van der Waals surface area contributed by atoms with Crippen LogP contribution in [0.5, 0.6) is 0 Å². The second-order valence-electron chi connectivity index (χ2n) is 5.25. The summed E-state index contributed by atoms with van der Waals surface area (Å²) >= 11 is 0. The molecule has 0 saturated carbocycles. The van der Waals surface area contributed by atoms with E-state index in [0.717, 1.165) is 0 Å². The van der Waals surface area contributed by atoms with Crippen LogP contribution < -0.4 is 10.6 Å². The van der Waals surface area contributed by atoms with Crippen LogP contribution >= 0.6 is 0 Å². The highest BCUT2D eigenvalue weighted by molar-refractivity contribution is 6.03. The predicted molar refractivity (Wildman–Crippen MR) is 91.9 cm³/mol. The number of carbonyl (C=O) groups excluding carboxylic acids is 2. The molecule has 5 nitrogen and oxygen atoms in total. The van der Waals surface area contributed by atoms with E-state index < -0.39 is 11.7 Å². The zero-order chi connectivity index (χ0) is 17.8. The van der Waals surface area contributed by atoms with Crippen LogP contribution in [0.1, 0.15) is 20.9 Å². The van der Waals surface area contributed by atoms with Crippen molar-refractivity contribution < 1.29 is 18.4 Å². The largest absolute Gasteiger partial charge is 0.451 e. The van der Waals surface area contributed by atoms with E-state index in [1.807, 2.05) is 0 Å². The zero-order valence-corrected chi connectivity index (χ0v) is 13.4. The second kappa shape index (κ2) is 7.00. The van der Waals surface area contributed by atoms with E-state index in [0.29, 0.717) is 11.3 Å². The standard InChI is InChI=1S/C19H15FN2O3/c1-21-18(23)12-6-8-13(9-7-12)22-19(24)17-11-10-16(25-17)14-4-2-3-5-15(14)20/h2-11H,1H3,(H,21,23)(H,22,24). The highest BCUT2D eigenvalue weighted by atomic mass is 19.1. The summed E-state index contributed by atoms with van der Waals surface area (Å²) in [6.07, 6.45) is 0. The molecule has 1 aromatic heterocycles. The van der Waals surface area contributed by atoms with Gasteiger partial charge >= 0.3 is 0 Å². The van der Waals surface area contributed by atoms with Crippen molar-refractivity contribution in [3.05, 3.63) is 77.8 Å². The van der Waals surface area contributed by atoms with E-state index in [1.165, 1.54) is 12.1 Å². The van der Waals surface area contributed by atoms with Crippen molar-refractivity contribution in [1.82, 2.24) is 5.32 Å². The quantitative estimate of drug-likeness (QED) is 0.762. The Bertz CT molecular complexity index is 916. The zero-order valence-electron chi connectivity index (χ0n) is 13.4. The Morgan fingerprint density at radius 3 is 2.32 bits per heavy atom. The van der Waals surface area contributed by atoms with Gasteiger partial charge in [-0.15, -0.1) is 0 Å². The molecular formula is C19H15FN2O3. The molecule has 0 bridgehead atoms. The Morgan fingerprint density at radius 1 is 0.920 bits per heavy atom. The number of hydrogen-bond donors (Lipinski definition) is 2. The van der Waals surface area contributed by atoms with E-state index in [4.69, 9.17) is 4.42 Å². The van der Waals surface area contributed by atoms with E-state index >= 15 is 0 Å². The van der Waals surface area contributed by atoms with Gasteiger partial charge in [0.15, 0.2) is 5.76 Å². The molecule has 0 spiro atoms. The smallest absolute Gasteiger partial charge is 0.291 e. The van der Waals surface area contributed by atoms with Crippen LogP contribution in [0.4, 0.5) is 10.1 Å². The fraction of sp³-hybridized carbons (Fsp3) is 0.0526. The van der Waals surface area contributed by atoms with Gasteiger partial charge in [-0.25, -0.2) is 4.39 Å². The van der Waals surface area contributed by atoms with E-state index in [1.54, 1.807) is 55.6 Å². The summed E-state index contributed by atoms with van der Waals surface area (Å²) in [7, 11) is 1.54. The van der Waals surface area contributed by atoms with Crippen LogP contribution in [0.2, 0.25) is 0 Å². The number of anilines is 1. The molecule has 0 radical (unpaired) electrons. The van der Waals surface area contributed by atoms with Crippen molar-refractivity contribution in [2.24, 2.45) is 0 Å². The van der Waals surface area contributed by atoms with E-state index in [-0.39, 0.29) is 23.0 Å². The van der Waals surface area contributed by atoms with Crippen LogP contribution in [-0.2, 0) is 0 Å². The molecule has 2 aromatic carbocycles. The minimum absolute atomic E-state index is 0.0635. The lowest BCUT2D eigenvalue weighted by atomic mass is 10.1. The summed E-state index contributed by atoms with van der Waals surface area (Å²) in [4.78, 5) is 23.7. The second-order valence-corrected chi connectivity index (χ2v) is 5.25. The fourth-order valence-electron chi connectivity index (χ4n) is 2.31. The molecule has 6 heteroatoms. The Hall–Kier alpha value is -3.41. The lowest BCUT2D eigenvalue weighted by molar-refractivity contribution is 0.0962. The van der Waals surface area contributed by atoms with Gasteiger partial charge in [0.2, 0.25) is 0 Å². The lowest BCUT2D eigenvalue weighted by Gasteiger charge is -2.05. The van der Waals surface area contributed by atoms with Crippen LogP contribution in [0.15, 0.2) is 65.1 Å². The average Bonchev–Trinajstić information content (AvgIpc) is 3.12. The molecule has 0 unspecified atom stereocenters. The Labute approximate surface area is 143 Å². The topological polar surface area (TPSA) is 71.3 Å². The first-order chi connectivity index (χ1) is 12.1. The summed E-state index contributed by atoms with van der Waals surface area (Å²) in [6.45, 7) is 0. The first-order valence-electron chi connectivity index (χ1n) is 7.56. The molecule has 0 atom stereocenters. The molecule has 2 amide bonds. The highest BCUT2D eigenvalue weighted by Crippen LogP contribution is 2.25. The molecule has 3 rings (SSSR count). The maximum Gasteiger partial charge on any atom is 0.291 e. The monoisotopic (exact) mass is 338 g/mol. The lowest BCUT2D eigenvalue weighted by Crippen LogP contribution is -2.17. The average molecular weight is 338 g/mol. The SMILES string of the molecule is CNC(=O)c1ccc(NC(=O)c2ccc(-c3ccccc3F)o2)cc1. The van der Waals surface area contributed by atoms with Crippen LogP contribution in [0.25, 0.3) is 11.3 Å². The normalized spacial score (nSPS) is 10.3. The maximum absolute atomic E-state index is 13.8. The third-order valence-corrected chi connectivity index (χ3v) is 3.60. The van der Waals surface area contributed by atoms with Crippen molar-refractivity contribution in [3.8, 4) is 11.3 Å². The minimum atomic E-state index is -0.463. The van der Waals surface area contributed by atoms with E-state index in [2.05, 4.69) is 10.6 Å². The van der Waals surface area contributed by atoms with Crippen molar-refractivity contribution in [3.63, 3.8) is 0 Å². The Kier molecular flexibility index (Phi) is 4.61. The summed E-state index contributed by atoms with van der Waals surface area (Å²) in [5.41, 5.74) is 1.29. The number of rotatable bonds is 4. The van der Waals surface area contributed by atoms with Crippen LogP contribution in [0.3, 0.4) is 0 Å². The van der Waals surface area contributed by atoms with Gasteiger partial charge < -0.3 is 15.1 Å². The molecule has 0 aliphatic carbocycles. The molecular weight excluding hydrogens is 323 g/mol. The minimum Gasteiger partial charge on any atom is -0.451 e. The summed E-state index contributed by atoms with van der Waals surface area (Å²) in [6, 6.07) is 15.6. The fourth-order valence-corrected chi connectivity index (χ4v) is 2.31. The van der Waals surface area contributed by atoms with Crippen molar-refractivity contribution in [1.29, 1.82) is 0 Å². The van der Waals surface area contributed by atoms with Gasteiger partial charge in [0, 0.05) is 18.3 Å². The molecule has 25 heavy (non-hydrogen) atoms. The van der Waals surface area contributed by atoms with Gasteiger partial charge in [-0.2, -0.15) is 0 Å². The van der Waals surface area contributed by atoms with Gasteiger partial charge in [-0.05, 0) is 48.5 Å². The molecule has 0 aliphatic heterocycles. The Balaban J connectivity index is 1.74. The van der Waals surface area contributed by atoms with Gasteiger partial charge in [0.05, 0.1) is 5.56 Å². The molecule has 0 saturated heterocycles. The molecule has 0 aliphatic rings. The van der Waals surface area contributed by atoms with Gasteiger partial charge in [0.25, 0.3) is 11.8 Å². The first-order valence-corrected chi connectivity index (χ1v) is 7.56. The van der Waals surface area contributed by atoms with Gasteiger partial charge in [-0.1, -0.05) is 12.1 Å². The molecule has 2 N–H and O–H groups in total. The summed E-state index contributed by atoms with van der Waals surface area (Å²) in [5, 5.41) is 5.18. The predicted octanol–water partition coefficient (Wildman–Crippen LogP) is 3.70. The molecule has 0 fully saturated rings. The van der Waals surface area contributed by atoms with E-state index in [9.17, 15) is 14.0 Å². The Morgan fingerprint density at radius 2 is 1.64 bits per heavy atom. The number of carbonyl (C=O) groups is 2. The number of halogens is 1. The van der Waals surface area contributed by atoms with Gasteiger partial charge in [0.1, 0.15) is 11.6 Å². The number of furan rings is 1. The third kappa shape index (κ3) is 3.58. The maximum atomic E-state index is 13.8. The molecule has 3 aromatic rings. The third-order valence-electron chi connectivity index (χ3n) is 3.60. The van der Waals surface area contributed by atoms with Crippen molar-refractivity contribution >= 4 is 17.5 Å². The number of benzene rings is 2. The van der Waals surface area contributed by atoms with Crippen LogP contribution in [-0.4, -0.2) is 18.9 Å². The number of hydrogen-bond acceptors (Lipinski definition) is 3. The van der Waals surface area contributed by atoms with Crippen molar-refractivity contribution in [2.45, 2.75) is 0 Å². The first kappa shape index (κ1) is 16.4. The summed E-state index contributed by atoms with van der Waals surface area (Å²) in [5.74, 6) is -0.755. The van der Waals surface area contributed by atoms with Crippen molar-refractivity contribution in [2.75, 3.05) is 12.4 Å².